The summed E-state index contributed by atoms with van der Waals surface area (Å²) in [6.07, 6.45) is 2.06. The highest BCUT2D eigenvalue weighted by atomic mass is 35.5. The first-order valence-electron chi connectivity index (χ1n) is 6.96. The Labute approximate surface area is 123 Å². The van der Waals surface area contributed by atoms with Crippen molar-refractivity contribution in [1.82, 2.24) is 10.2 Å². The van der Waals surface area contributed by atoms with Gasteiger partial charge in [0, 0.05) is 29.7 Å². The van der Waals surface area contributed by atoms with Crippen LogP contribution >= 0.6 is 11.6 Å². The van der Waals surface area contributed by atoms with Crippen LogP contribution in [0.2, 0.25) is 5.02 Å². The second-order valence-electron chi connectivity index (χ2n) is 5.38. The average Bonchev–Trinajstić information content (AvgIpc) is 2.83. The fourth-order valence-electron chi connectivity index (χ4n) is 2.71. The Kier molecular flexibility index (Phi) is 3.68. The molecule has 1 saturated heterocycles. The summed E-state index contributed by atoms with van der Waals surface area (Å²) in [6, 6.07) is 8.16. The Bertz CT molecular complexity index is 582. The van der Waals surface area contributed by atoms with E-state index >= 15 is 0 Å². The van der Waals surface area contributed by atoms with Crippen molar-refractivity contribution in [1.29, 1.82) is 0 Å². The summed E-state index contributed by atoms with van der Waals surface area (Å²) >= 11 is 5.93. The lowest BCUT2D eigenvalue weighted by Crippen LogP contribution is -2.40. The first kappa shape index (κ1) is 13.5. The van der Waals surface area contributed by atoms with E-state index in [4.69, 9.17) is 17.3 Å². The van der Waals surface area contributed by atoms with Crippen molar-refractivity contribution in [2.24, 2.45) is 5.73 Å². The number of nitrogens with zero attached hydrogens (tertiary/aromatic N) is 2. The van der Waals surface area contributed by atoms with E-state index in [1.807, 2.05) is 24.3 Å². The van der Waals surface area contributed by atoms with Crippen LogP contribution in [-0.4, -0.2) is 29.3 Å². The Morgan fingerprint density at radius 1 is 1.25 bits per heavy atom. The van der Waals surface area contributed by atoms with E-state index < -0.39 is 0 Å². The topological polar surface area (TPSA) is 57.9 Å². The molecule has 0 spiro atoms. The molecule has 1 aliphatic rings. The molecule has 3 rings (SSSR count). The van der Waals surface area contributed by atoms with Crippen LogP contribution < -0.4 is 10.6 Å². The van der Waals surface area contributed by atoms with Crippen molar-refractivity contribution >= 4 is 17.4 Å². The van der Waals surface area contributed by atoms with Crippen LogP contribution in [0.1, 0.15) is 18.4 Å². The number of nitrogens with one attached hydrogen (secondary N) is 1. The number of benzene rings is 1. The maximum atomic E-state index is 5.96. The minimum absolute atomic E-state index is 0.334. The zero-order valence-electron chi connectivity index (χ0n) is 11.6. The minimum Gasteiger partial charge on any atom is -0.355 e. The smallest absolute Gasteiger partial charge is 0.153 e. The van der Waals surface area contributed by atoms with Crippen molar-refractivity contribution in [2.75, 3.05) is 18.0 Å². The van der Waals surface area contributed by atoms with Gasteiger partial charge in [-0.05, 0) is 37.5 Å². The van der Waals surface area contributed by atoms with E-state index in [0.717, 1.165) is 48.0 Å². The lowest BCUT2D eigenvalue weighted by molar-refractivity contribution is 0.498. The van der Waals surface area contributed by atoms with Crippen LogP contribution in [0.4, 0.5) is 5.82 Å². The van der Waals surface area contributed by atoms with E-state index in [1.165, 1.54) is 5.56 Å². The molecule has 106 valence electrons. The third-order valence-electron chi connectivity index (χ3n) is 3.96. The van der Waals surface area contributed by atoms with Crippen molar-refractivity contribution in [3.63, 3.8) is 0 Å². The zero-order valence-corrected chi connectivity index (χ0v) is 12.3. The molecule has 1 fully saturated rings. The van der Waals surface area contributed by atoms with Gasteiger partial charge in [-0.1, -0.05) is 23.7 Å². The lowest BCUT2D eigenvalue weighted by atomic mass is 10.0. The summed E-state index contributed by atoms with van der Waals surface area (Å²) in [5, 5.41) is 8.39. The van der Waals surface area contributed by atoms with Crippen LogP contribution in [0.3, 0.4) is 0 Å². The van der Waals surface area contributed by atoms with Crippen LogP contribution in [-0.2, 0) is 0 Å². The van der Waals surface area contributed by atoms with Gasteiger partial charge in [-0.15, -0.1) is 0 Å². The molecule has 1 aliphatic heterocycles. The third kappa shape index (κ3) is 2.53. The summed E-state index contributed by atoms with van der Waals surface area (Å²) in [5.41, 5.74) is 9.31. The van der Waals surface area contributed by atoms with Gasteiger partial charge in [0.2, 0.25) is 0 Å². The molecule has 0 unspecified atom stereocenters. The van der Waals surface area contributed by atoms with Gasteiger partial charge < -0.3 is 10.6 Å². The summed E-state index contributed by atoms with van der Waals surface area (Å²) in [4.78, 5) is 2.31. The molecule has 1 aromatic heterocycles. The van der Waals surface area contributed by atoms with Crippen molar-refractivity contribution in [3.05, 3.63) is 34.9 Å². The van der Waals surface area contributed by atoms with Gasteiger partial charge in [0.1, 0.15) is 0 Å². The molecular formula is C15H19ClN4. The molecule has 0 amide bonds. The molecule has 1 aromatic carbocycles. The number of aromatic amines is 1. The Morgan fingerprint density at radius 3 is 2.55 bits per heavy atom. The molecule has 2 heterocycles. The largest absolute Gasteiger partial charge is 0.355 e. The summed E-state index contributed by atoms with van der Waals surface area (Å²) in [5.74, 6) is 1.04. The minimum atomic E-state index is 0.334. The highest BCUT2D eigenvalue weighted by Crippen LogP contribution is 2.30. The summed E-state index contributed by atoms with van der Waals surface area (Å²) in [6.45, 7) is 4.07. The number of halogens is 1. The van der Waals surface area contributed by atoms with E-state index in [0.29, 0.717) is 6.04 Å². The quantitative estimate of drug-likeness (QED) is 0.894. The maximum absolute atomic E-state index is 5.96. The highest BCUT2D eigenvalue weighted by molar-refractivity contribution is 6.30. The predicted molar refractivity (Wildman–Crippen MR) is 83.2 cm³/mol. The molecule has 3 N–H and O–H groups in total. The zero-order chi connectivity index (χ0) is 14.1. The molecule has 0 atom stereocenters. The van der Waals surface area contributed by atoms with Crippen LogP contribution in [0, 0.1) is 6.92 Å². The molecule has 2 aromatic rings. The number of nitrogens with two attached hydrogens (primary N) is 1. The first-order valence-corrected chi connectivity index (χ1v) is 7.34. The SMILES string of the molecule is Cc1c(N2CCC(N)CC2)n[nH]c1-c1ccc(Cl)cc1. The monoisotopic (exact) mass is 290 g/mol. The van der Waals surface area contributed by atoms with Gasteiger partial charge >= 0.3 is 0 Å². The molecule has 4 nitrogen and oxygen atoms in total. The molecule has 5 heteroatoms. The van der Waals surface area contributed by atoms with Crippen LogP contribution in [0.15, 0.2) is 24.3 Å². The Morgan fingerprint density at radius 2 is 1.90 bits per heavy atom. The number of hydrogen-bond acceptors (Lipinski definition) is 3. The average molecular weight is 291 g/mol. The number of rotatable bonds is 2. The maximum Gasteiger partial charge on any atom is 0.153 e. The van der Waals surface area contributed by atoms with Gasteiger partial charge in [0.15, 0.2) is 5.82 Å². The summed E-state index contributed by atoms with van der Waals surface area (Å²) in [7, 11) is 0. The van der Waals surface area contributed by atoms with E-state index in [-0.39, 0.29) is 0 Å². The van der Waals surface area contributed by atoms with E-state index in [2.05, 4.69) is 22.0 Å². The Balaban J connectivity index is 1.87. The normalized spacial score (nSPS) is 16.6. The number of H-pyrrole nitrogens is 1. The molecule has 0 aliphatic carbocycles. The van der Waals surface area contributed by atoms with Crippen LogP contribution in [0.5, 0.6) is 0 Å². The van der Waals surface area contributed by atoms with Crippen LogP contribution in [0.25, 0.3) is 11.3 Å². The van der Waals surface area contributed by atoms with Gasteiger partial charge in [0.25, 0.3) is 0 Å². The number of anilines is 1. The fourth-order valence-corrected chi connectivity index (χ4v) is 2.83. The van der Waals surface area contributed by atoms with Gasteiger partial charge in [-0.2, -0.15) is 5.10 Å². The third-order valence-corrected chi connectivity index (χ3v) is 4.21. The summed E-state index contributed by atoms with van der Waals surface area (Å²) < 4.78 is 0. The molecule has 20 heavy (non-hydrogen) atoms. The lowest BCUT2D eigenvalue weighted by Gasteiger charge is -2.30. The molecule has 0 radical (unpaired) electrons. The van der Waals surface area contributed by atoms with Crippen molar-refractivity contribution in [2.45, 2.75) is 25.8 Å². The number of aromatic nitrogens is 2. The molecular weight excluding hydrogens is 272 g/mol. The number of piperidine rings is 1. The number of hydrogen-bond donors (Lipinski definition) is 2. The second-order valence-corrected chi connectivity index (χ2v) is 5.82. The van der Waals surface area contributed by atoms with E-state index in [1.54, 1.807) is 0 Å². The highest BCUT2D eigenvalue weighted by Gasteiger charge is 2.21. The van der Waals surface area contributed by atoms with Gasteiger partial charge in [0.05, 0.1) is 5.69 Å². The fraction of sp³-hybridized carbons (Fsp3) is 0.400. The van der Waals surface area contributed by atoms with Crippen molar-refractivity contribution < 1.29 is 0 Å². The van der Waals surface area contributed by atoms with Crippen molar-refractivity contribution in [3.8, 4) is 11.3 Å². The molecule has 0 saturated carbocycles. The second kappa shape index (κ2) is 5.46. The van der Waals surface area contributed by atoms with Gasteiger partial charge in [-0.3, -0.25) is 5.10 Å². The predicted octanol–water partition coefficient (Wildman–Crippen LogP) is 2.97. The first-order chi connectivity index (χ1) is 9.65. The van der Waals surface area contributed by atoms with E-state index in [9.17, 15) is 0 Å². The molecule has 0 bridgehead atoms. The Hall–Kier alpha value is -1.52. The van der Waals surface area contributed by atoms with Gasteiger partial charge in [-0.25, -0.2) is 0 Å². The standard InChI is InChI=1S/C15H19ClN4/c1-10-14(11-2-4-12(16)5-3-11)18-19-15(10)20-8-6-13(17)7-9-20/h2-5,13H,6-9,17H2,1H3,(H,18,19).